The molecule has 1 aliphatic rings. The molecule has 0 spiro atoms. The van der Waals surface area contributed by atoms with Crippen LogP contribution in [0.15, 0.2) is 24.3 Å². The topological polar surface area (TPSA) is 12.0 Å². The summed E-state index contributed by atoms with van der Waals surface area (Å²) in [6.45, 7) is 12.7. The molecule has 0 aliphatic heterocycles. The zero-order valence-corrected chi connectivity index (χ0v) is 14.5. The first kappa shape index (κ1) is 16.5. The molecule has 1 fully saturated rings. The van der Waals surface area contributed by atoms with Gasteiger partial charge < -0.3 is 5.32 Å². The molecular weight excluding hydrogens is 254 g/mol. The molecule has 0 radical (unpaired) electrons. The first-order valence-corrected chi connectivity index (χ1v) is 8.84. The van der Waals surface area contributed by atoms with Crippen molar-refractivity contribution in [3.63, 3.8) is 0 Å². The minimum atomic E-state index is 0.529. The summed E-state index contributed by atoms with van der Waals surface area (Å²) >= 11 is 0. The van der Waals surface area contributed by atoms with Crippen LogP contribution in [0, 0.1) is 17.8 Å². The first-order chi connectivity index (χ1) is 10.0. The Morgan fingerprint density at radius 2 is 1.48 bits per heavy atom. The van der Waals surface area contributed by atoms with E-state index in [1.807, 2.05) is 0 Å². The van der Waals surface area contributed by atoms with Gasteiger partial charge in [0.15, 0.2) is 0 Å². The Hall–Kier alpha value is -0.820. The van der Waals surface area contributed by atoms with E-state index in [-0.39, 0.29) is 0 Å². The van der Waals surface area contributed by atoms with Crippen molar-refractivity contribution in [2.75, 3.05) is 6.54 Å². The molecule has 21 heavy (non-hydrogen) atoms. The Kier molecular flexibility index (Phi) is 5.87. The maximum atomic E-state index is 3.76. The summed E-state index contributed by atoms with van der Waals surface area (Å²) < 4.78 is 0. The molecule has 1 aromatic carbocycles. The van der Waals surface area contributed by atoms with E-state index in [9.17, 15) is 0 Å². The number of rotatable bonds is 5. The number of benzene rings is 1. The van der Waals surface area contributed by atoms with Crippen LogP contribution in [0.4, 0.5) is 0 Å². The van der Waals surface area contributed by atoms with Crippen LogP contribution in [0.2, 0.25) is 0 Å². The van der Waals surface area contributed by atoms with Gasteiger partial charge in [-0.05, 0) is 60.6 Å². The van der Waals surface area contributed by atoms with Crippen molar-refractivity contribution in [2.45, 2.75) is 65.8 Å². The molecule has 0 aromatic heterocycles. The monoisotopic (exact) mass is 287 g/mol. The van der Waals surface area contributed by atoms with Crippen LogP contribution in [-0.4, -0.2) is 6.54 Å². The predicted octanol–water partition coefficient (Wildman–Crippen LogP) is 5.53. The standard InChI is InChI=1S/C20H33N/c1-6-21-20(19-12-15(4)11-16(5)13-19)18-9-7-17(8-10-18)14(2)3/h7-10,14-16,19-21H,6,11-13H2,1-5H3. The fourth-order valence-electron chi connectivity index (χ4n) is 4.15. The van der Waals surface area contributed by atoms with Crippen LogP contribution in [0.3, 0.4) is 0 Å². The number of nitrogens with one attached hydrogen (secondary N) is 1. The highest BCUT2D eigenvalue weighted by atomic mass is 14.9. The highest BCUT2D eigenvalue weighted by molar-refractivity contribution is 5.27. The normalized spacial score (nSPS) is 27.8. The molecule has 1 N–H and O–H groups in total. The quantitative estimate of drug-likeness (QED) is 0.750. The van der Waals surface area contributed by atoms with Crippen LogP contribution in [0.1, 0.15) is 77.0 Å². The van der Waals surface area contributed by atoms with Gasteiger partial charge in [-0.15, -0.1) is 0 Å². The van der Waals surface area contributed by atoms with Gasteiger partial charge in [-0.3, -0.25) is 0 Å². The van der Waals surface area contributed by atoms with E-state index in [4.69, 9.17) is 0 Å². The Morgan fingerprint density at radius 1 is 0.952 bits per heavy atom. The van der Waals surface area contributed by atoms with Crippen molar-refractivity contribution < 1.29 is 0 Å². The summed E-state index contributed by atoms with van der Waals surface area (Å²) in [6.07, 6.45) is 4.14. The van der Waals surface area contributed by atoms with Gasteiger partial charge in [0, 0.05) is 6.04 Å². The molecule has 0 amide bonds. The third-order valence-electron chi connectivity index (χ3n) is 5.07. The van der Waals surface area contributed by atoms with E-state index in [2.05, 4.69) is 64.2 Å². The van der Waals surface area contributed by atoms with Crippen LogP contribution in [0.5, 0.6) is 0 Å². The third kappa shape index (κ3) is 4.32. The summed E-state index contributed by atoms with van der Waals surface area (Å²) in [5.74, 6) is 3.14. The van der Waals surface area contributed by atoms with Gasteiger partial charge in [0.25, 0.3) is 0 Å². The molecule has 1 aromatic rings. The van der Waals surface area contributed by atoms with Crippen molar-refractivity contribution in [3.05, 3.63) is 35.4 Å². The summed E-state index contributed by atoms with van der Waals surface area (Å²) in [4.78, 5) is 0. The SMILES string of the molecule is CCNC(c1ccc(C(C)C)cc1)C1CC(C)CC(C)C1. The minimum absolute atomic E-state index is 0.529. The van der Waals surface area contributed by atoms with Gasteiger partial charge in [-0.1, -0.05) is 58.9 Å². The van der Waals surface area contributed by atoms with E-state index < -0.39 is 0 Å². The van der Waals surface area contributed by atoms with Gasteiger partial charge in [-0.25, -0.2) is 0 Å². The van der Waals surface area contributed by atoms with Crippen molar-refractivity contribution >= 4 is 0 Å². The largest absolute Gasteiger partial charge is 0.310 e. The molecule has 0 heterocycles. The second-order valence-corrected chi connectivity index (χ2v) is 7.53. The highest BCUT2D eigenvalue weighted by Crippen LogP contribution is 2.40. The van der Waals surface area contributed by atoms with E-state index >= 15 is 0 Å². The Bertz CT molecular complexity index is 410. The zero-order valence-electron chi connectivity index (χ0n) is 14.5. The molecule has 1 aliphatic carbocycles. The fraction of sp³-hybridized carbons (Fsp3) is 0.700. The summed E-state index contributed by atoms with van der Waals surface area (Å²) in [7, 11) is 0. The zero-order chi connectivity index (χ0) is 15.4. The van der Waals surface area contributed by atoms with Gasteiger partial charge in [0.2, 0.25) is 0 Å². The van der Waals surface area contributed by atoms with E-state index in [0.717, 1.165) is 24.3 Å². The van der Waals surface area contributed by atoms with Crippen molar-refractivity contribution in [2.24, 2.45) is 17.8 Å². The van der Waals surface area contributed by atoms with Crippen molar-refractivity contribution in [1.29, 1.82) is 0 Å². The maximum absolute atomic E-state index is 3.76. The lowest BCUT2D eigenvalue weighted by atomic mass is 9.72. The molecule has 0 saturated heterocycles. The summed E-state index contributed by atoms with van der Waals surface area (Å²) in [6, 6.07) is 9.88. The summed E-state index contributed by atoms with van der Waals surface area (Å²) in [5.41, 5.74) is 2.92. The lowest BCUT2D eigenvalue weighted by molar-refractivity contribution is 0.177. The molecule has 1 nitrogen and oxygen atoms in total. The minimum Gasteiger partial charge on any atom is -0.310 e. The van der Waals surface area contributed by atoms with Gasteiger partial charge in [0.1, 0.15) is 0 Å². The molecular formula is C20H33N. The highest BCUT2D eigenvalue weighted by Gasteiger charge is 2.30. The smallest absolute Gasteiger partial charge is 0.0348 e. The second kappa shape index (κ2) is 7.45. The van der Waals surface area contributed by atoms with E-state index in [0.29, 0.717) is 12.0 Å². The van der Waals surface area contributed by atoms with Crippen LogP contribution >= 0.6 is 0 Å². The van der Waals surface area contributed by atoms with Crippen LogP contribution in [-0.2, 0) is 0 Å². The second-order valence-electron chi connectivity index (χ2n) is 7.53. The molecule has 118 valence electrons. The average Bonchev–Trinajstić information content (AvgIpc) is 2.44. The maximum Gasteiger partial charge on any atom is 0.0348 e. The number of hydrogen-bond acceptors (Lipinski definition) is 1. The van der Waals surface area contributed by atoms with Crippen molar-refractivity contribution in [3.8, 4) is 0 Å². The lowest BCUT2D eigenvalue weighted by Crippen LogP contribution is -2.33. The average molecular weight is 287 g/mol. The molecule has 2 rings (SSSR count). The van der Waals surface area contributed by atoms with Gasteiger partial charge in [-0.2, -0.15) is 0 Å². The predicted molar refractivity (Wildman–Crippen MR) is 92.6 cm³/mol. The molecule has 1 saturated carbocycles. The van der Waals surface area contributed by atoms with Crippen LogP contribution in [0.25, 0.3) is 0 Å². The first-order valence-electron chi connectivity index (χ1n) is 8.84. The Morgan fingerprint density at radius 3 is 1.95 bits per heavy atom. The molecule has 0 bridgehead atoms. The van der Waals surface area contributed by atoms with E-state index in [1.165, 1.54) is 30.4 Å². The number of hydrogen-bond donors (Lipinski definition) is 1. The van der Waals surface area contributed by atoms with Gasteiger partial charge >= 0.3 is 0 Å². The summed E-state index contributed by atoms with van der Waals surface area (Å²) in [5, 5.41) is 3.76. The third-order valence-corrected chi connectivity index (χ3v) is 5.07. The fourth-order valence-corrected chi connectivity index (χ4v) is 4.15. The Labute approximate surface area is 131 Å². The van der Waals surface area contributed by atoms with Crippen molar-refractivity contribution in [1.82, 2.24) is 5.32 Å². The molecule has 3 atom stereocenters. The lowest BCUT2D eigenvalue weighted by Gasteiger charge is -2.37. The molecule has 1 heteroatoms. The van der Waals surface area contributed by atoms with Gasteiger partial charge in [0.05, 0.1) is 0 Å². The molecule has 3 unspecified atom stereocenters. The van der Waals surface area contributed by atoms with E-state index in [1.54, 1.807) is 0 Å². The van der Waals surface area contributed by atoms with Crippen LogP contribution < -0.4 is 5.32 Å². The Balaban J connectivity index is 2.17.